The summed E-state index contributed by atoms with van der Waals surface area (Å²) < 4.78 is 9.85. The van der Waals surface area contributed by atoms with Crippen molar-refractivity contribution in [3.63, 3.8) is 0 Å². The Labute approximate surface area is 164 Å². The molecule has 27 heavy (non-hydrogen) atoms. The van der Waals surface area contributed by atoms with E-state index >= 15 is 0 Å². The van der Waals surface area contributed by atoms with Crippen LogP contribution in [0.25, 0.3) is 0 Å². The fraction of sp³-hybridized carbons (Fsp3) is 0.450. The highest BCUT2D eigenvalue weighted by molar-refractivity contribution is 7.09. The molecule has 0 fully saturated rings. The van der Waals surface area contributed by atoms with E-state index in [2.05, 4.69) is 11.9 Å². The number of ether oxygens (including phenoxy) is 2. The van der Waals surface area contributed by atoms with Gasteiger partial charge in [0.05, 0.1) is 27.2 Å². The number of nitrogens with zero attached hydrogens (tertiary/aromatic N) is 2. The third-order valence-corrected chi connectivity index (χ3v) is 5.00. The van der Waals surface area contributed by atoms with Crippen molar-refractivity contribution >= 4 is 23.2 Å². The van der Waals surface area contributed by atoms with E-state index in [0.717, 1.165) is 35.6 Å². The molecule has 1 aromatic carbocycles. The second kappa shape index (κ2) is 10.7. The van der Waals surface area contributed by atoms with Crippen LogP contribution in [0.4, 0.5) is 0 Å². The van der Waals surface area contributed by atoms with Crippen LogP contribution in [0.3, 0.4) is 0 Å². The Kier molecular flexibility index (Phi) is 8.26. The van der Waals surface area contributed by atoms with Crippen LogP contribution in [0.15, 0.2) is 29.6 Å². The second-order valence-corrected chi connectivity index (χ2v) is 7.11. The standard InChI is InChI=1S/C20H26N2O4S/c1-4-5-6-11-22(13-18-21-17(14-27-18)20(24)26-3)19(23)12-15-7-9-16(25-2)10-8-15/h7-10,14H,4-6,11-13H2,1-3H3. The molecule has 0 aliphatic heterocycles. The number of aromatic nitrogens is 1. The number of benzene rings is 1. The minimum Gasteiger partial charge on any atom is -0.497 e. The minimum absolute atomic E-state index is 0.0473. The zero-order valence-electron chi connectivity index (χ0n) is 16.1. The first kappa shape index (κ1) is 20.9. The number of rotatable bonds is 10. The molecule has 0 radical (unpaired) electrons. The molecule has 0 bridgehead atoms. The summed E-state index contributed by atoms with van der Waals surface area (Å²) in [4.78, 5) is 30.5. The predicted molar refractivity (Wildman–Crippen MR) is 105 cm³/mol. The molecular weight excluding hydrogens is 364 g/mol. The van der Waals surface area contributed by atoms with Crippen molar-refractivity contribution in [1.29, 1.82) is 0 Å². The lowest BCUT2D eigenvalue weighted by atomic mass is 10.1. The van der Waals surface area contributed by atoms with Gasteiger partial charge in [-0.05, 0) is 24.1 Å². The predicted octanol–water partition coefficient (Wildman–Crippen LogP) is 3.70. The summed E-state index contributed by atoms with van der Waals surface area (Å²) in [5.41, 5.74) is 1.23. The number of carbonyl (C=O) groups is 2. The van der Waals surface area contributed by atoms with Gasteiger partial charge in [0.25, 0.3) is 0 Å². The van der Waals surface area contributed by atoms with Gasteiger partial charge in [-0.3, -0.25) is 4.79 Å². The van der Waals surface area contributed by atoms with Crippen molar-refractivity contribution in [3.05, 3.63) is 45.9 Å². The third kappa shape index (κ3) is 6.36. The Morgan fingerprint density at radius 2 is 1.89 bits per heavy atom. The minimum atomic E-state index is -0.459. The maximum absolute atomic E-state index is 12.8. The lowest BCUT2D eigenvalue weighted by molar-refractivity contribution is -0.131. The highest BCUT2D eigenvalue weighted by Crippen LogP contribution is 2.16. The maximum atomic E-state index is 12.8. The first-order chi connectivity index (χ1) is 13.1. The lowest BCUT2D eigenvalue weighted by Gasteiger charge is -2.22. The number of hydrogen-bond donors (Lipinski definition) is 0. The van der Waals surface area contributed by atoms with E-state index in [1.807, 2.05) is 29.2 Å². The van der Waals surface area contributed by atoms with Gasteiger partial charge in [0, 0.05) is 11.9 Å². The number of methoxy groups -OCH3 is 2. The van der Waals surface area contributed by atoms with Crippen molar-refractivity contribution in [2.75, 3.05) is 20.8 Å². The monoisotopic (exact) mass is 390 g/mol. The number of amides is 1. The van der Waals surface area contributed by atoms with E-state index in [4.69, 9.17) is 9.47 Å². The number of unbranched alkanes of at least 4 members (excludes halogenated alkanes) is 2. The van der Waals surface area contributed by atoms with Gasteiger partial charge in [-0.2, -0.15) is 0 Å². The number of hydrogen-bond acceptors (Lipinski definition) is 6. The van der Waals surface area contributed by atoms with Crippen LogP contribution in [0.2, 0.25) is 0 Å². The SMILES string of the molecule is CCCCCN(Cc1nc(C(=O)OC)cs1)C(=O)Cc1ccc(OC)cc1. The quantitative estimate of drug-likeness (QED) is 0.457. The Bertz CT molecular complexity index is 743. The number of carbonyl (C=O) groups excluding carboxylic acids is 2. The molecule has 0 saturated carbocycles. The summed E-state index contributed by atoms with van der Waals surface area (Å²) in [5.74, 6) is 0.356. The molecule has 2 rings (SSSR count). The third-order valence-electron chi connectivity index (χ3n) is 4.17. The molecule has 0 aliphatic carbocycles. The second-order valence-electron chi connectivity index (χ2n) is 6.17. The largest absolute Gasteiger partial charge is 0.497 e. The summed E-state index contributed by atoms with van der Waals surface area (Å²) in [7, 11) is 2.95. The molecule has 6 nitrogen and oxygen atoms in total. The molecule has 0 aliphatic rings. The van der Waals surface area contributed by atoms with Crippen LogP contribution in [-0.4, -0.2) is 42.5 Å². The van der Waals surface area contributed by atoms with Crippen molar-refractivity contribution in [1.82, 2.24) is 9.88 Å². The van der Waals surface area contributed by atoms with Crippen LogP contribution in [0.5, 0.6) is 5.75 Å². The van der Waals surface area contributed by atoms with Crippen LogP contribution >= 0.6 is 11.3 Å². The molecule has 0 spiro atoms. The van der Waals surface area contributed by atoms with E-state index in [1.165, 1.54) is 18.4 Å². The maximum Gasteiger partial charge on any atom is 0.357 e. The molecular formula is C20H26N2O4S. The van der Waals surface area contributed by atoms with E-state index in [9.17, 15) is 9.59 Å². The molecule has 2 aromatic rings. The van der Waals surface area contributed by atoms with E-state index in [1.54, 1.807) is 12.5 Å². The van der Waals surface area contributed by atoms with Gasteiger partial charge < -0.3 is 14.4 Å². The first-order valence-corrected chi connectivity index (χ1v) is 9.88. The average Bonchev–Trinajstić information content (AvgIpc) is 3.16. The lowest BCUT2D eigenvalue weighted by Crippen LogP contribution is -2.32. The zero-order valence-corrected chi connectivity index (χ0v) is 16.9. The molecule has 1 aromatic heterocycles. The molecule has 0 atom stereocenters. The Balaban J connectivity index is 2.06. The Hall–Kier alpha value is -2.41. The summed E-state index contributed by atoms with van der Waals surface area (Å²) in [6, 6.07) is 7.51. The molecule has 1 heterocycles. The van der Waals surface area contributed by atoms with Gasteiger partial charge >= 0.3 is 5.97 Å². The highest BCUT2D eigenvalue weighted by Gasteiger charge is 2.18. The Morgan fingerprint density at radius 3 is 2.52 bits per heavy atom. The van der Waals surface area contributed by atoms with Gasteiger partial charge in [0.2, 0.25) is 5.91 Å². The van der Waals surface area contributed by atoms with Gasteiger partial charge in [-0.25, -0.2) is 9.78 Å². The molecule has 7 heteroatoms. The molecule has 0 saturated heterocycles. The fourth-order valence-electron chi connectivity index (χ4n) is 2.62. The van der Waals surface area contributed by atoms with E-state index in [0.29, 0.717) is 19.5 Å². The highest BCUT2D eigenvalue weighted by atomic mass is 32.1. The van der Waals surface area contributed by atoms with Crippen molar-refractivity contribution in [2.24, 2.45) is 0 Å². The van der Waals surface area contributed by atoms with Crippen LogP contribution in [0.1, 0.15) is 47.2 Å². The fourth-order valence-corrected chi connectivity index (χ4v) is 3.40. The van der Waals surface area contributed by atoms with Crippen molar-refractivity contribution < 1.29 is 19.1 Å². The first-order valence-electron chi connectivity index (χ1n) is 9.00. The van der Waals surface area contributed by atoms with Crippen LogP contribution in [-0.2, 0) is 22.5 Å². The van der Waals surface area contributed by atoms with E-state index in [-0.39, 0.29) is 11.6 Å². The van der Waals surface area contributed by atoms with Gasteiger partial charge in [0.15, 0.2) is 5.69 Å². The van der Waals surface area contributed by atoms with Crippen molar-refractivity contribution in [3.8, 4) is 5.75 Å². The molecule has 0 N–H and O–H groups in total. The van der Waals surface area contributed by atoms with Gasteiger partial charge in [-0.15, -0.1) is 11.3 Å². The number of esters is 1. The smallest absolute Gasteiger partial charge is 0.357 e. The van der Waals surface area contributed by atoms with Gasteiger partial charge in [-0.1, -0.05) is 31.9 Å². The number of thiazole rings is 1. The Morgan fingerprint density at radius 1 is 1.15 bits per heavy atom. The van der Waals surface area contributed by atoms with E-state index < -0.39 is 5.97 Å². The van der Waals surface area contributed by atoms with Crippen molar-refractivity contribution in [2.45, 2.75) is 39.2 Å². The summed E-state index contributed by atoms with van der Waals surface area (Å²) >= 11 is 1.37. The molecule has 146 valence electrons. The average molecular weight is 391 g/mol. The topological polar surface area (TPSA) is 68.7 Å². The summed E-state index contributed by atoms with van der Waals surface area (Å²) in [5, 5.41) is 2.40. The zero-order chi connectivity index (χ0) is 19.6. The van der Waals surface area contributed by atoms with Crippen LogP contribution < -0.4 is 4.74 Å². The van der Waals surface area contributed by atoms with Gasteiger partial charge in [0.1, 0.15) is 10.8 Å². The summed E-state index contributed by atoms with van der Waals surface area (Å²) in [6.45, 7) is 3.21. The molecule has 1 amide bonds. The summed E-state index contributed by atoms with van der Waals surface area (Å²) in [6.07, 6.45) is 3.42. The molecule has 0 unspecified atom stereocenters. The van der Waals surface area contributed by atoms with Crippen LogP contribution in [0, 0.1) is 0 Å². The normalized spacial score (nSPS) is 10.5.